The predicted octanol–water partition coefficient (Wildman–Crippen LogP) is 5.95. The number of likely N-dealkylation sites (tertiary alicyclic amines) is 1. The van der Waals surface area contributed by atoms with Crippen molar-refractivity contribution in [3.63, 3.8) is 0 Å². The van der Waals surface area contributed by atoms with Crippen LogP contribution in [0.25, 0.3) is 21.5 Å². The van der Waals surface area contributed by atoms with Crippen LogP contribution < -0.4 is 21.1 Å². The molecule has 4 atom stereocenters. The van der Waals surface area contributed by atoms with Gasteiger partial charge >= 0.3 is 0 Å². The number of fused-ring (bicyclic) bond motifs is 1. The molecule has 1 aliphatic carbocycles. The van der Waals surface area contributed by atoms with E-state index in [1.165, 1.54) is 11.8 Å². The molecule has 3 aliphatic heterocycles. The first kappa shape index (κ1) is 59.6. The quantitative estimate of drug-likeness (QED) is 0.0641. The molecule has 4 fully saturated rings. The van der Waals surface area contributed by atoms with Gasteiger partial charge in [0.2, 0.25) is 29.5 Å². The average Bonchev–Trinajstić information content (AvgIpc) is 3.23. The number of thiazole rings is 1. The number of hydrogen-bond donors (Lipinski definition) is 3. The van der Waals surface area contributed by atoms with Crippen LogP contribution in [0.3, 0.4) is 0 Å². The van der Waals surface area contributed by atoms with E-state index in [1.54, 1.807) is 29.0 Å². The zero-order valence-corrected chi connectivity index (χ0v) is 49.4. The largest absolute Gasteiger partial charge is 0.391 e. The van der Waals surface area contributed by atoms with Crippen molar-refractivity contribution in [2.45, 2.75) is 149 Å². The van der Waals surface area contributed by atoms with Crippen LogP contribution >= 0.6 is 11.3 Å². The summed E-state index contributed by atoms with van der Waals surface area (Å²) in [5, 5.41) is 17.4. The van der Waals surface area contributed by atoms with Crippen LogP contribution in [-0.2, 0) is 30.4 Å². The minimum Gasteiger partial charge on any atom is -0.391 e. The molecule has 5 amide bonds. The van der Waals surface area contributed by atoms with Gasteiger partial charge in [-0.15, -0.1) is 11.3 Å². The van der Waals surface area contributed by atoms with Crippen molar-refractivity contribution in [1.29, 1.82) is 0 Å². The lowest BCUT2D eigenvalue weighted by molar-refractivity contribution is -0.144. The van der Waals surface area contributed by atoms with E-state index >= 15 is 0 Å². The fraction of sp³-hybridized carbons (Fsp3) is 0.557. The number of carbonyl (C=O) groups excluding carboxylic acids is 6. The molecule has 0 bridgehead atoms. The third-order valence-electron chi connectivity index (χ3n) is 16.9. The Morgan fingerprint density at radius 2 is 1.49 bits per heavy atom. The lowest BCUT2D eigenvalue weighted by Crippen LogP contribution is -2.57. The Labute approximate surface area is 484 Å². The standard InChI is InChI=1S/C61H80N12O8S/c1-38-48-34-63-50(66-57(48)73(45-13-11-12-14-45)59(80)54(38)41(4)74)31-44-21-22-46(33-62-44)69-27-29-71(30-28-69)53(78)36-68-23-25-70(26-24-68)52(77)16-10-8-9-15-51(76)67-56(61(5,6)7)60(81)72-35-47(75)32-49(72)58(79)65-39(2)42-17-19-43(20-18-42)55-40(3)64-37-82-55/h17-22,33-34,37,39,45,47,49,56,75H,8-16,23-32,35-36H2,1-7H3,(H,65,79)(H,67,76)/t39-,47+,49-,56+/m0/s1. The minimum absolute atomic E-state index is 0.00583. The number of carbonyl (C=O) groups is 6. The number of β-amino-alcohol motifs (C(OH)–C–C–N with tert-alkyl or cyclic N) is 1. The van der Waals surface area contributed by atoms with Gasteiger partial charge in [-0.2, -0.15) is 0 Å². The Kier molecular flexibility index (Phi) is 19.0. The maximum absolute atomic E-state index is 14.2. The highest BCUT2D eigenvalue weighted by Gasteiger charge is 2.45. The molecule has 438 valence electrons. The maximum Gasteiger partial charge on any atom is 0.263 e. The second-order valence-electron chi connectivity index (χ2n) is 23.8. The molecule has 7 heterocycles. The second-order valence-corrected chi connectivity index (χ2v) is 24.7. The lowest BCUT2D eigenvalue weighted by atomic mass is 9.85. The first-order chi connectivity index (χ1) is 39.2. The zero-order valence-electron chi connectivity index (χ0n) is 48.6. The molecular formula is C61H80N12O8S. The number of aromatic nitrogens is 5. The molecule has 0 unspecified atom stereocenters. The SMILES string of the molecule is CC(=O)c1c(C)c2cnc(Cc3ccc(N4CCN(C(=O)CN5CCN(C(=O)CCCCCC(=O)N[C@H](C(=O)N6C[C@H](O)C[C@H]6C(=O)N[C@@H](C)c6ccc(-c7scnc7C)cc6)C(C)(C)C)CC5)CC4)cn3)nc2n(C2CCCC2)c1=O. The highest BCUT2D eigenvalue weighted by Crippen LogP contribution is 2.33. The number of amides is 5. The lowest BCUT2D eigenvalue weighted by Gasteiger charge is -2.38. The molecule has 1 saturated carbocycles. The van der Waals surface area contributed by atoms with Crippen LogP contribution in [0, 0.1) is 19.3 Å². The van der Waals surface area contributed by atoms with Gasteiger partial charge in [-0.1, -0.05) is 64.3 Å². The number of piperazine rings is 2. The van der Waals surface area contributed by atoms with Crippen molar-refractivity contribution >= 4 is 63.4 Å². The van der Waals surface area contributed by atoms with Gasteiger partial charge in [0, 0.05) is 101 Å². The number of anilines is 1. The van der Waals surface area contributed by atoms with E-state index in [-0.39, 0.29) is 72.0 Å². The molecule has 4 aliphatic rings. The molecular weight excluding hydrogens is 1060 g/mol. The van der Waals surface area contributed by atoms with Gasteiger partial charge in [-0.05, 0) is 87.6 Å². The van der Waals surface area contributed by atoms with E-state index in [9.17, 15) is 38.7 Å². The first-order valence-electron chi connectivity index (χ1n) is 29.2. The summed E-state index contributed by atoms with van der Waals surface area (Å²) in [5.41, 5.74) is 6.92. The molecule has 0 radical (unpaired) electrons. The maximum atomic E-state index is 14.2. The Morgan fingerprint density at radius 3 is 2.13 bits per heavy atom. The number of rotatable bonds is 19. The highest BCUT2D eigenvalue weighted by atomic mass is 32.1. The third kappa shape index (κ3) is 13.9. The number of nitrogens with zero attached hydrogens (tertiary/aromatic N) is 10. The molecule has 5 aromatic rings. The highest BCUT2D eigenvalue weighted by molar-refractivity contribution is 7.13. The fourth-order valence-electron chi connectivity index (χ4n) is 12.0. The van der Waals surface area contributed by atoms with Crippen molar-refractivity contribution in [2.75, 3.05) is 70.3 Å². The Balaban J connectivity index is 0.663. The topological polar surface area (TPSA) is 236 Å². The van der Waals surface area contributed by atoms with Gasteiger partial charge in [0.05, 0.1) is 58.6 Å². The summed E-state index contributed by atoms with van der Waals surface area (Å²) in [6.45, 7) is 17.8. The van der Waals surface area contributed by atoms with Crippen molar-refractivity contribution < 1.29 is 33.9 Å². The van der Waals surface area contributed by atoms with Crippen molar-refractivity contribution in [3.05, 3.63) is 98.6 Å². The summed E-state index contributed by atoms with van der Waals surface area (Å²) in [7, 11) is 0. The number of benzene rings is 1. The van der Waals surface area contributed by atoms with Gasteiger partial charge < -0.3 is 35.3 Å². The van der Waals surface area contributed by atoms with Gasteiger partial charge in [-0.25, -0.2) is 15.0 Å². The Morgan fingerprint density at radius 1 is 0.805 bits per heavy atom. The van der Waals surface area contributed by atoms with Crippen LogP contribution in [0.15, 0.2) is 59.1 Å². The number of aryl methyl sites for hydroxylation is 2. The monoisotopic (exact) mass is 1140 g/mol. The number of aliphatic hydroxyl groups is 1. The van der Waals surface area contributed by atoms with Crippen LogP contribution in [0.5, 0.6) is 0 Å². The smallest absolute Gasteiger partial charge is 0.263 e. The number of ketones is 1. The summed E-state index contributed by atoms with van der Waals surface area (Å²) in [6, 6.07) is 9.77. The van der Waals surface area contributed by atoms with E-state index < -0.39 is 29.5 Å². The number of aliphatic hydroxyl groups excluding tert-OH is 1. The average molecular weight is 1140 g/mol. The van der Waals surface area contributed by atoms with Gasteiger partial charge in [0.1, 0.15) is 23.6 Å². The normalized spacial score (nSPS) is 18.9. The van der Waals surface area contributed by atoms with Gasteiger partial charge in [0.25, 0.3) is 5.56 Å². The zero-order chi connectivity index (χ0) is 58.4. The van der Waals surface area contributed by atoms with Crippen molar-refractivity contribution in [3.8, 4) is 10.4 Å². The van der Waals surface area contributed by atoms with E-state index in [0.717, 1.165) is 64.1 Å². The molecule has 82 heavy (non-hydrogen) atoms. The summed E-state index contributed by atoms with van der Waals surface area (Å²) in [5.74, 6) is -0.630. The van der Waals surface area contributed by atoms with Crippen LogP contribution in [0.2, 0.25) is 0 Å². The Hall–Kier alpha value is -6.97. The number of Topliss-reactive ketones (excluding diaryl/α,β-unsaturated/α-hetero) is 1. The van der Waals surface area contributed by atoms with Crippen LogP contribution in [0.1, 0.15) is 150 Å². The minimum atomic E-state index is -0.927. The molecule has 3 saturated heterocycles. The summed E-state index contributed by atoms with van der Waals surface area (Å²) >= 11 is 1.57. The number of nitrogens with one attached hydrogen (secondary N) is 2. The second kappa shape index (κ2) is 26.1. The molecule has 20 nitrogen and oxygen atoms in total. The number of unbranched alkanes of at least 4 members (excludes halogenated alkanes) is 2. The Bertz CT molecular complexity index is 3190. The van der Waals surface area contributed by atoms with E-state index in [2.05, 4.69) is 30.4 Å². The summed E-state index contributed by atoms with van der Waals surface area (Å²) < 4.78 is 1.73. The molecule has 4 aromatic heterocycles. The number of pyridine rings is 2. The van der Waals surface area contributed by atoms with Crippen molar-refractivity contribution in [1.82, 2.24) is 54.7 Å². The third-order valence-corrected chi connectivity index (χ3v) is 17.9. The molecule has 9 rings (SSSR count). The van der Waals surface area contributed by atoms with Gasteiger partial charge in [-0.3, -0.25) is 48.0 Å². The van der Waals surface area contributed by atoms with Crippen molar-refractivity contribution in [2.24, 2.45) is 5.41 Å². The van der Waals surface area contributed by atoms with E-state index in [0.29, 0.717) is 108 Å². The molecule has 1 aromatic carbocycles. The molecule has 0 spiro atoms. The van der Waals surface area contributed by atoms with E-state index in [1.807, 2.05) is 92.5 Å². The fourth-order valence-corrected chi connectivity index (χ4v) is 12.9. The van der Waals surface area contributed by atoms with Crippen LogP contribution in [0.4, 0.5) is 5.69 Å². The summed E-state index contributed by atoms with van der Waals surface area (Å²) in [6.07, 6.45) is 9.34. The van der Waals surface area contributed by atoms with E-state index in [4.69, 9.17) is 9.97 Å². The summed E-state index contributed by atoms with van der Waals surface area (Å²) in [4.78, 5) is 123. The van der Waals surface area contributed by atoms with Gasteiger partial charge in [0.15, 0.2) is 5.78 Å². The molecule has 3 N–H and O–H groups in total. The van der Waals surface area contributed by atoms with Crippen LogP contribution in [-0.4, -0.2) is 168 Å². The predicted molar refractivity (Wildman–Crippen MR) is 314 cm³/mol. The number of hydrogen-bond acceptors (Lipinski definition) is 15. The molecule has 21 heteroatoms. The first-order valence-corrected chi connectivity index (χ1v) is 30.1.